The van der Waals surface area contributed by atoms with Gasteiger partial charge in [-0.1, -0.05) is 11.6 Å². The number of carbonyl (C=O) groups excluding carboxylic acids is 1. The Kier molecular flexibility index (Phi) is 4.55. The van der Waals surface area contributed by atoms with Gasteiger partial charge in [0.15, 0.2) is 0 Å². The summed E-state index contributed by atoms with van der Waals surface area (Å²) < 4.78 is 11.0. The molecule has 3 aromatic rings. The molecule has 4 rings (SSSR count). The monoisotopic (exact) mass is 393 g/mol. The van der Waals surface area contributed by atoms with Gasteiger partial charge in [-0.3, -0.25) is 10.1 Å². The normalized spacial score (nSPS) is 14.8. The topological polar surface area (TPSA) is 82.6 Å². The fourth-order valence-corrected chi connectivity index (χ4v) is 2.86. The zero-order valence-electron chi connectivity index (χ0n) is 14.3. The van der Waals surface area contributed by atoms with Crippen molar-refractivity contribution in [2.24, 2.45) is 0 Å². The molecule has 0 spiro atoms. The highest BCUT2D eigenvalue weighted by molar-refractivity contribution is 6.30. The van der Waals surface area contributed by atoms with Crippen molar-refractivity contribution < 1.29 is 18.9 Å². The Labute approximate surface area is 164 Å². The lowest BCUT2D eigenvalue weighted by molar-refractivity contribution is -0.384. The van der Waals surface area contributed by atoms with Crippen LogP contribution in [0, 0.1) is 10.1 Å². The molecule has 138 valence electrons. The molecule has 0 N–H and O–H groups in total. The predicted molar refractivity (Wildman–Crippen MR) is 104 cm³/mol. The number of cyclic esters (lactones) is 1. The van der Waals surface area contributed by atoms with Gasteiger partial charge in [-0.15, -0.1) is 0 Å². The van der Waals surface area contributed by atoms with Crippen LogP contribution in [-0.4, -0.2) is 10.9 Å². The molecule has 0 bridgehead atoms. The van der Waals surface area contributed by atoms with Crippen molar-refractivity contribution in [2.45, 2.75) is 0 Å². The number of furan rings is 1. The first kappa shape index (κ1) is 17.8. The molecule has 28 heavy (non-hydrogen) atoms. The summed E-state index contributed by atoms with van der Waals surface area (Å²) in [6.07, 6.45) is 3.22. The number of esters is 1. The van der Waals surface area contributed by atoms with Gasteiger partial charge >= 0.3 is 5.97 Å². The first-order chi connectivity index (χ1) is 13.5. The van der Waals surface area contributed by atoms with E-state index in [0.717, 1.165) is 5.56 Å². The maximum absolute atomic E-state index is 12.1. The molecule has 0 amide bonds. The number of nitro benzene ring substituents is 1. The van der Waals surface area contributed by atoms with E-state index in [9.17, 15) is 14.9 Å². The van der Waals surface area contributed by atoms with Gasteiger partial charge in [0.05, 0.1) is 10.5 Å². The molecule has 0 fully saturated rings. The highest BCUT2D eigenvalue weighted by Crippen LogP contribution is 2.30. The van der Waals surface area contributed by atoms with Crippen LogP contribution in [0.4, 0.5) is 5.69 Å². The van der Waals surface area contributed by atoms with Crippen molar-refractivity contribution >= 4 is 35.1 Å². The Morgan fingerprint density at radius 3 is 2.29 bits per heavy atom. The van der Waals surface area contributed by atoms with Gasteiger partial charge in [0.25, 0.3) is 5.69 Å². The van der Waals surface area contributed by atoms with Gasteiger partial charge in [0.1, 0.15) is 17.3 Å². The average Bonchev–Trinajstić information content (AvgIpc) is 3.30. The maximum atomic E-state index is 12.1. The number of carbonyl (C=O) groups is 1. The Balaban J connectivity index is 1.58. The number of non-ortho nitro benzene ring substituents is 1. The Bertz CT molecular complexity index is 1120. The molecule has 1 aliphatic heterocycles. The van der Waals surface area contributed by atoms with Crippen molar-refractivity contribution in [3.63, 3.8) is 0 Å². The number of hydrogen-bond donors (Lipinski definition) is 0. The molecular formula is C21H12ClNO5. The first-order valence-electron chi connectivity index (χ1n) is 8.26. The van der Waals surface area contributed by atoms with Crippen LogP contribution in [0.1, 0.15) is 11.3 Å². The summed E-state index contributed by atoms with van der Waals surface area (Å²) in [5.74, 6) is 0.970. The number of hydrogen-bond acceptors (Lipinski definition) is 5. The van der Waals surface area contributed by atoms with E-state index in [4.69, 9.17) is 20.8 Å². The largest absolute Gasteiger partial charge is 0.457 e. The summed E-state index contributed by atoms with van der Waals surface area (Å²) in [6.45, 7) is 0. The molecule has 7 heteroatoms. The van der Waals surface area contributed by atoms with Crippen LogP contribution in [0.15, 0.2) is 76.7 Å². The molecule has 0 aliphatic carbocycles. The van der Waals surface area contributed by atoms with Gasteiger partial charge in [-0.05, 0) is 60.7 Å². The molecule has 0 unspecified atom stereocenters. The second kappa shape index (κ2) is 7.17. The fourth-order valence-electron chi connectivity index (χ4n) is 2.73. The van der Waals surface area contributed by atoms with Crippen LogP contribution >= 0.6 is 11.6 Å². The summed E-state index contributed by atoms with van der Waals surface area (Å²) in [5.41, 5.74) is 1.80. The van der Waals surface area contributed by atoms with E-state index in [2.05, 4.69) is 0 Å². The summed E-state index contributed by atoms with van der Waals surface area (Å²) in [7, 11) is 0. The summed E-state index contributed by atoms with van der Waals surface area (Å²) in [4.78, 5) is 22.4. The lowest BCUT2D eigenvalue weighted by Gasteiger charge is -2.01. The lowest BCUT2D eigenvalue weighted by Crippen LogP contribution is -1.96. The SMILES string of the molecule is O=C1OC(c2ccc(Cl)cc2)=C/C1=C/c1ccc(-c2ccc([N+](=O)[O-])cc2)o1. The number of rotatable bonds is 4. The summed E-state index contributed by atoms with van der Waals surface area (Å²) >= 11 is 5.88. The van der Waals surface area contributed by atoms with Crippen molar-refractivity contribution in [1.82, 2.24) is 0 Å². The highest BCUT2D eigenvalue weighted by atomic mass is 35.5. The van der Waals surface area contributed by atoms with E-state index in [1.54, 1.807) is 60.7 Å². The van der Waals surface area contributed by atoms with Crippen LogP contribution in [0.25, 0.3) is 23.2 Å². The third-order valence-electron chi connectivity index (χ3n) is 4.14. The Morgan fingerprint density at radius 2 is 1.61 bits per heavy atom. The van der Waals surface area contributed by atoms with Crippen molar-refractivity contribution in [3.05, 3.63) is 98.8 Å². The number of ether oxygens (including phenoxy) is 1. The quantitative estimate of drug-likeness (QED) is 0.253. The van der Waals surface area contributed by atoms with Gasteiger partial charge in [-0.2, -0.15) is 0 Å². The molecule has 0 saturated heterocycles. The minimum Gasteiger partial charge on any atom is -0.457 e. The second-order valence-corrected chi connectivity index (χ2v) is 6.45. The number of halogens is 1. The third-order valence-corrected chi connectivity index (χ3v) is 4.39. The Hall–Kier alpha value is -3.64. The zero-order valence-corrected chi connectivity index (χ0v) is 15.1. The first-order valence-corrected chi connectivity index (χ1v) is 8.63. The molecule has 1 aromatic heterocycles. The van der Waals surface area contributed by atoms with Crippen LogP contribution in [0.3, 0.4) is 0 Å². The second-order valence-electron chi connectivity index (χ2n) is 6.01. The van der Waals surface area contributed by atoms with Gasteiger partial charge in [-0.25, -0.2) is 4.79 Å². The molecular weight excluding hydrogens is 382 g/mol. The highest BCUT2D eigenvalue weighted by Gasteiger charge is 2.22. The summed E-state index contributed by atoms with van der Waals surface area (Å²) in [6, 6.07) is 16.5. The minimum atomic E-state index is -0.474. The van der Waals surface area contributed by atoms with Crippen LogP contribution < -0.4 is 0 Å². The maximum Gasteiger partial charge on any atom is 0.343 e. The van der Waals surface area contributed by atoms with Crippen molar-refractivity contribution in [3.8, 4) is 11.3 Å². The molecule has 1 aliphatic rings. The molecule has 2 heterocycles. The van der Waals surface area contributed by atoms with E-state index in [0.29, 0.717) is 33.4 Å². The standard InChI is InChI=1S/C21H12ClNO5/c22-16-5-1-14(2-6-16)20-12-15(21(24)28-20)11-18-9-10-19(27-18)13-3-7-17(8-4-13)23(25)26/h1-12H/b15-11-. The number of nitrogens with zero attached hydrogens (tertiary/aromatic N) is 1. The zero-order chi connectivity index (χ0) is 19.7. The fraction of sp³-hybridized carbons (Fsp3) is 0. The summed E-state index contributed by atoms with van der Waals surface area (Å²) in [5, 5.41) is 11.3. The molecule has 0 atom stereocenters. The molecule has 0 saturated carbocycles. The number of benzene rings is 2. The van der Waals surface area contributed by atoms with Crippen molar-refractivity contribution in [2.75, 3.05) is 0 Å². The van der Waals surface area contributed by atoms with Gasteiger partial charge in [0, 0.05) is 28.3 Å². The lowest BCUT2D eigenvalue weighted by atomic mass is 10.1. The molecule has 6 nitrogen and oxygen atoms in total. The molecule has 2 aromatic carbocycles. The van der Waals surface area contributed by atoms with E-state index < -0.39 is 10.9 Å². The number of nitro groups is 1. The smallest absolute Gasteiger partial charge is 0.343 e. The Morgan fingerprint density at radius 1 is 0.929 bits per heavy atom. The molecule has 0 radical (unpaired) electrons. The van der Waals surface area contributed by atoms with E-state index in [-0.39, 0.29) is 5.69 Å². The third kappa shape index (κ3) is 3.58. The van der Waals surface area contributed by atoms with Crippen LogP contribution in [-0.2, 0) is 9.53 Å². The predicted octanol–water partition coefficient (Wildman–Crippen LogP) is 5.49. The van der Waals surface area contributed by atoms with Crippen molar-refractivity contribution in [1.29, 1.82) is 0 Å². The van der Waals surface area contributed by atoms with Crippen LogP contribution in [0.2, 0.25) is 5.02 Å². The van der Waals surface area contributed by atoms with E-state index in [1.807, 2.05) is 0 Å². The van der Waals surface area contributed by atoms with Crippen LogP contribution in [0.5, 0.6) is 0 Å². The van der Waals surface area contributed by atoms with Gasteiger partial charge in [0.2, 0.25) is 0 Å². The minimum absolute atomic E-state index is 0.00575. The van der Waals surface area contributed by atoms with E-state index >= 15 is 0 Å². The average molecular weight is 394 g/mol. The van der Waals surface area contributed by atoms with E-state index in [1.165, 1.54) is 12.1 Å². The van der Waals surface area contributed by atoms with Gasteiger partial charge < -0.3 is 9.15 Å².